The number of carbonyl (C=O) groups is 2. The highest BCUT2D eigenvalue weighted by molar-refractivity contribution is 6.31. The highest BCUT2D eigenvalue weighted by Gasteiger charge is 2.28. The molecule has 0 bridgehead atoms. The Balaban J connectivity index is 2.27. The molecule has 4 heteroatoms. The van der Waals surface area contributed by atoms with Gasteiger partial charge in [0, 0.05) is 23.8 Å². The number of hydrogen-bond acceptors (Lipinski definition) is 3. The lowest BCUT2D eigenvalue weighted by molar-refractivity contribution is -0.121. The number of methoxy groups -OCH3 is 1. The largest absolute Gasteiger partial charge is 0.496 e. The van der Waals surface area contributed by atoms with Crippen molar-refractivity contribution in [2.24, 2.45) is 5.92 Å². The molecule has 0 amide bonds. The van der Waals surface area contributed by atoms with Gasteiger partial charge in [0.05, 0.1) is 12.7 Å². The second-order valence-corrected chi connectivity index (χ2v) is 4.98. The lowest BCUT2D eigenvalue weighted by Gasteiger charge is -2.20. The Bertz CT molecular complexity index is 482. The molecular weight excluding hydrogens is 252 g/mol. The summed E-state index contributed by atoms with van der Waals surface area (Å²) in [5, 5.41) is 0.501. The fraction of sp³-hybridized carbons (Fsp3) is 0.429. The van der Waals surface area contributed by atoms with Crippen LogP contribution in [0, 0.1) is 5.92 Å². The molecule has 0 saturated heterocycles. The standard InChI is InChI=1S/C14H15ClO3/c1-18-13-6-5-10(15)8-12(13)14(17)9-3-2-4-11(16)7-9/h5-6,8-9H,2-4,7H2,1H3. The van der Waals surface area contributed by atoms with Crippen LogP contribution in [0.2, 0.25) is 5.02 Å². The third-order valence-corrected chi connectivity index (χ3v) is 3.52. The highest BCUT2D eigenvalue weighted by Crippen LogP contribution is 2.30. The molecule has 0 heterocycles. The molecule has 1 aromatic rings. The van der Waals surface area contributed by atoms with Crippen LogP contribution in [0.15, 0.2) is 18.2 Å². The number of benzene rings is 1. The van der Waals surface area contributed by atoms with Gasteiger partial charge in [-0.2, -0.15) is 0 Å². The van der Waals surface area contributed by atoms with Crippen molar-refractivity contribution in [3.05, 3.63) is 28.8 Å². The SMILES string of the molecule is COc1ccc(Cl)cc1C(=O)C1CCCC(=O)C1. The fourth-order valence-corrected chi connectivity index (χ4v) is 2.51. The summed E-state index contributed by atoms with van der Waals surface area (Å²) in [6.45, 7) is 0. The van der Waals surface area contributed by atoms with Gasteiger partial charge in [0.15, 0.2) is 5.78 Å². The predicted molar refractivity (Wildman–Crippen MR) is 69.3 cm³/mol. The number of hydrogen-bond donors (Lipinski definition) is 0. The molecule has 1 atom stereocenters. The summed E-state index contributed by atoms with van der Waals surface area (Å²) < 4.78 is 5.17. The van der Waals surface area contributed by atoms with Crippen molar-refractivity contribution < 1.29 is 14.3 Å². The third kappa shape index (κ3) is 2.72. The monoisotopic (exact) mass is 266 g/mol. The summed E-state index contributed by atoms with van der Waals surface area (Å²) in [7, 11) is 1.52. The first-order valence-electron chi connectivity index (χ1n) is 6.01. The van der Waals surface area contributed by atoms with Crippen LogP contribution in [0.1, 0.15) is 36.0 Å². The minimum Gasteiger partial charge on any atom is -0.496 e. The van der Waals surface area contributed by atoms with Crippen molar-refractivity contribution in [3.8, 4) is 5.75 Å². The van der Waals surface area contributed by atoms with Gasteiger partial charge in [-0.15, -0.1) is 0 Å². The number of ether oxygens (including phenoxy) is 1. The highest BCUT2D eigenvalue weighted by atomic mass is 35.5. The molecule has 2 rings (SSSR count). The quantitative estimate of drug-likeness (QED) is 0.789. The van der Waals surface area contributed by atoms with Gasteiger partial charge < -0.3 is 4.74 Å². The van der Waals surface area contributed by atoms with Crippen LogP contribution in [0.4, 0.5) is 0 Å². The Labute approximate surface area is 111 Å². The molecule has 1 aromatic carbocycles. The molecule has 96 valence electrons. The van der Waals surface area contributed by atoms with Crippen LogP contribution < -0.4 is 4.74 Å². The maximum atomic E-state index is 12.4. The summed E-state index contributed by atoms with van der Waals surface area (Å²) in [5.41, 5.74) is 0.477. The molecule has 3 nitrogen and oxygen atoms in total. The first-order valence-corrected chi connectivity index (χ1v) is 6.39. The summed E-state index contributed by atoms with van der Waals surface area (Å²) in [4.78, 5) is 23.8. The topological polar surface area (TPSA) is 43.4 Å². The van der Waals surface area contributed by atoms with Gasteiger partial charge in [-0.25, -0.2) is 0 Å². The summed E-state index contributed by atoms with van der Waals surface area (Å²) in [5.74, 6) is 0.420. The Morgan fingerprint density at radius 3 is 2.89 bits per heavy atom. The van der Waals surface area contributed by atoms with E-state index in [9.17, 15) is 9.59 Å². The van der Waals surface area contributed by atoms with Gasteiger partial charge in [0.1, 0.15) is 11.5 Å². The van der Waals surface area contributed by atoms with Crippen molar-refractivity contribution >= 4 is 23.2 Å². The van der Waals surface area contributed by atoms with E-state index in [1.807, 2.05) is 0 Å². The normalized spacial score (nSPS) is 19.7. The summed E-state index contributed by atoms with van der Waals surface area (Å²) >= 11 is 5.91. The Morgan fingerprint density at radius 1 is 1.44 bits per heavy atom. The predicted octanol–water partition coefficient (Wildman–Crippen LogP) is 3.29. The zero-order valence-corrected chi connectivity index (χ0v) is 11.0. The zero-order chi connectivity index (χ0) is 13.1. The zero-order valence-electron chi connectivity index (χ0n) is 10.2. The van der Waals surface area contributed by atoms with Gasteiger partial charge in [-0.1, -0.05) is 11.6 Å². The molecule has 0 aliphatic heterocycles. The van der Waals surface area contributed by atoms with Crippen LogP contribution in [0.5, 0.6) is 5.75 Å². The van der Waals surface area contributed by atoms with E-state index < -0.39 is 0 Å². The average Bonchev–Trinajstić information content (AvgIpc) is 2.38. The van der Waals surface area contributed by atoms with E-state index in [4.69, 9.17) is 16.3 Å². The van der Waals surface area contributed by atoms with Crippen LogP contribution in [-0.2, 0) is 4.79 Å². The van der Waals surface area contributed by atoms with Crippen LogP contribution in [0.25, 0.3) is 0 Å². The van der Waals surface area contributed by atoms with E-state index in [0.717, 1.165) is 12.8 Å². The molecule has 1 unspecified atom stereocenters. The van der Waals surface area contributed by atoms with Crippen molar-refractivity contribution in [1.29, 1.82) is 0 Å². The maximum absolute atomic E-state index is 12.4. The first kappa shape index (κ1) is 13.1. The number of carbonyl (C=O) groups excluding carboxylic acids is 2. The van der Waals surface area contributed by atoms with Gasteiger partial charge in [0.2, 0.25) is 0 Å². The van der Waals surface area contributed by atoms with Crippen LogP contribution >= 0.6 is 11.6 Å². The number of Topliss-reactive ketones (excluding diaryl/α,β-unsaturated/α-hetero) is 2. The molecule has 1 saturated carbocycles. The second-order valence-electron chi connectivity index (χ2n) is 4.54. The smallest absolute Gasteiger partial charge is 0.170 e. The van der Waals surface area contributed by atoms with Gasteiger partial charge in [-0.3, -0.25) is 9.59 Å². The van der Waals surface area contributed by atoms with Gasteiger partial charge >= 0.3 is 0 Å². The number of ketones is 2. The molecule has 0 aromatic heterocycles. The van der Waals surface area contributed by atoms with E-state index in [0.29, 0.717) is 29.2 Å². The second kappa shape index (κ2) is 5.53. The molecule has 1 aliphatic carbocycles. The molecule has 0 radical (unpaired) electrons. The van der Waals surface area contributed by atoms with E-state index in [-0.39, 0.29) is 17.5 Å². The van der Waals surface area contributed by atoms with Crippen LogP contribution in [0.3, 0.4) is 0 Å². The third-order valence-electron chi connectivity index (χ3n) is 3.28. The summed E-state index contributed by atoms with van der Waals surface area (Å²) in [6, 6.07) is 4.98. The molecule has 1 aliphatic rings. The molecule has 1 fully saturated rings. The summed E-state index contributed by atoms with van der Waals surface area (Å²) in [6.07, 6.45) is 2.49. The molecule has 0 N–H and O–H groups in total. The molecule has 18 heavy (non-hydrogen) atoms. The van der Waals surface area contributed by atoms with Crippen LogP contribution in [-0.4, -0.2) is 18.7 Å². The number of halogens is 1. The first-order chi connectivity index (χ1) is 8.61. The van der Waals surface area contributed by atoms with E-state index in [1.54, 1.807) is 18.2 Å². The number of rotatable bonds is 3. The minimum absolute atomic E-state index is 0.0394. The van der Waals surface area contributed by atoms with Crippen molar-refractivity contribution in [2.45, 2.75) is 25.7 Å². The van der Waals surface area contributed by atoms with Crippen molar-refractivity contribution in [3.63, 3.8) is 0 Å². The molecule has 0 spiro atoms. The van der Waals surface area contributed by atoms with Gasteiger partial charge in [0.25, 0.3) is 0 Å². The van der Waals surface area contributed by atoms with Crippen molar-refractivity contribution in [2.75, 3.05) is 7.11 Å². The lowest BCUT2D eigenvalue weighted by Crippen LogP contribution is -2.23. The Hall–Kier alpha value is -1.35. The van der Waals surface area contributed by atoms with E-state index >= 15 is 0 Å². The Kier molecular flexibility index (Phi) is 4.02. The van der Waals surface area contributed by atoms with E-state index in [1.165, 1.54) is 7.11 Å². The van der Waals surface area contributed by atoms with Gasteiger partial charge in [-0.05, 0) is 31.0 Å². The lowest BCUT2D eigenvalue weighted by atomic mass is 9.83. The Morgan fingerprint density at radius 2 is 2.22 bits per heavy atom. The molecular formula is C14H15ClO3. The maximum Gasteiger partial charge on any atom is 0.170 e. The average molecular weight is 267 g/mol. The van der Waals surface area contributed by atoms with Crippen molar-refractivity contribution in [1.82, 2.24) is 0 Å². The van der Waals surface area contributed by atoms with E-state index in [2.05, 4.69) is 0 Å². The minimum atomic E-state index is -0.224. The fourth-order valence-electron chi connectivity index (χ4n) is 2.34.